The lowest BCUT2D eigenvalue weighted by atomic mass is 10.4. The average Bonchev–Trinajstić information content (AvgIpc) is 2.88. The normalized spacial score (nSPS) is 17.9. The fourth-order valence-electron chi connectivity index (χ4n) is 3.51. The van der Waals surface area contributed by atoms with Crippen molar-refractivity contribution in [2.75, 3.05) is 19.6 Å². The molecule has 1 fully saturated rings. The summed E-state index contributed by atoms with van der Waals surface area (Å²) < 4.78 is 0. The van der Waals surface area contributed by atoms with Crippen LogP contribution in [0.15, 0.2) is 12.2 Å². The van der Waals surface area contributed by atoms with Gasteiger partial charge in [-0.15, -0.1) is 0 Å². The van der Waals surface area contributed by atoms with Gasteiger partial charge >= 0.3 is 0 Å². The van der Waals surface area contributed by atoms with Gasteiger partial charge in [0.2, 0.25) is 0 Å². The Bertz CT molecular complexity index is 225. The highest BCUT2D eigenvalue weighted by molar-refractivity contribution is 6.80. The number of allylic oxidation sites excluding steroid dienone is 2. The smallest absolute Gasteiger partial charge is 0.0585 e. The third-order valence-electron chi connectivity index (χ3n) is 4.50. The molecular weight excluding hydrogens is 234 g/mol. The zero-order chi connectivity index (χ0) is 13.3. The standard InChI is InChI=1S/C16H33NSi/c1-4-7-15-18(13-5-2,14-6-3)16-12-17-10-8-9-11-17/h4,7H,5-6,8-16H2,1-3H3. The topological polar surface area (TPSA) is 3.24 Å². The van der Waals surface area contributed by atoms with E-state index in [1.807, 2.05) is 0 Å². The summed E-state index contributed by atoms with van der Waals surface area (Å²) in [5.41, 5.74) is 0. The first-order valence-corrected chi connectivity index (χ1v) is 10.9. The van der Waals surface area contributed by atoms with Crippen molar-refractivity contribution in [3.05, 3.63) is 12.2 Å². The Balaban J connectivity index is 2.53. The maximum absolute atomic E-state index is 2.71. The first-order chi connectivity index (χ1) is 8.76. The minimum Gasteiger partial charge on any atom is -0.304 e. The van der Waals surface area contributed by atoms with Gasteiger partial charge < -0.3 is 4.90 Å². The Morgan fingerprint density at radius 3 is 2.11 bits per heavy atom. The molecule has 0 unspecified atom stereocenters. The molecule has 1 nitrogen and oxygen atoms in total. The van der Waals surface area contributed by atoms with E-state index >= 15 is 0 Å². The summed E-state index contributed by atoms with van der Waals surface area (Å²) in [5, 5.41) is 0. The van der Waals surface area contributed by atoms with Crippen LogP contribution in [-0.2, 0) is 0 Å². The summed E-state index contributed by atoms with van der Waals surface area (Å²) in [6.45, 7) is 11.1. The number of hydrogen-bond donors (Lipinski definition) is 0. The Hall–Kier alpha value is -0.0831. The van der Waals surface area contributed by atoms with Crippen molar-refractivity contribution in [3.8, 4) is 0 Å². The summed E-state index contributed by atoms with van der Waals surface area (Å²) in [4.78, 5) is 2.71. The third kappa shape index (κ3) is 5.27. The van der Waals surface area contributed by atoms with Crippen LogP contribution in [0.5, 0.6) is 0 Å². The van der Waals surface area contributed by atoms with E-state index in [0.29, 0.717) is 0 Å². The molecular formula is C16H33NSi. The largest absolute Gasteiger partial charge is 0.304 e. The SMILES string of the molecule is CC=CC[Si](CCC)(CCC)CCN1CCCC1. The van der Waals surface area contributed by atoms with Crippen molar-refractivity contribution >= 4 is 8.07 Å². The maximum atomic E-state index is 2.71. The molecule has 0 atom stereocenters. The van der Waals surface area contributed by atoms with Crippen molar-refractivity contribution in [2.24, 2.45) is 0 Å². The molecule has 0 N–H and O–H groups in total. The molecule has 0 aromatic rings. The molecule has 18 heavy (non-hydrogen) atoms. The predicted octanol–water partition coefficient (Wildman–Crippen LogP) is 4.93. The van der Waals surface area contributed by atoms with Crippen LogP contribution in [0.4, 0.5) is 0 Å². The summed E-state index contributed by atoms with van der Waals surface area (Å²) in [6.07, 6.45) is 10.4. The Morgan fingerprint density at radius 2 is 1.61 bits per heavy atom. The molecule has 2 heteroatoms. The highest BCUT2D eigenvalue weighted by Crippen LogP contribution is 2.30. The number of likely N-dealkylation sites (tertiary alicyclic amines) is 1. The average molecular weight is 268 g/mol. The zero-order valence-corrected chi connectivity index (χ0v) is 13.9. The number of rotatable bonds is 9. The fourth-order valence-corrected chi connectivity index (χ4v) is 8.52. The molecule has 1 aliphatic rings. The molecule has 0 aromatic heterocycles. The second kappa shape index (κ2) is 8.92. The van der Waals surface area contributed by atoms with Crippen molar-refractivity contribution < 1.29 is 0 Å². The van der Waals surface area contributed by atoms with Crippen LogP contribution < -0.4 is 0 Å². The minimum absolute atomic E-state index is 1.01. The van der Waals surface area contributed by atoms with Gasteiger partial charge in [0.15, 0.2) is 0 Å². The van der Waals surface area contributed by atoms with E-state index in [9.17, 15) is 0 Å². The second-order valence-corrected chi connectivity index (χ2v) is 11.0. The van der Waals surface area contributed by atoms with Crippen molar-refractivity contribution in [1.29, 1.82) is 0 Å². The molecule has 1 rings (SSSR count). The van der Waals surface area contributed by atoms with Gasteiger partial charge in [-0.2, -0.15) is 0 Å². The van der Waals surface area contributed by atoms with Crippen LogP contribution in [0.3, 0.4) is 0 Å². The quantitative estimate of drug-likeness (QED) is 0.423. The molecule has 1 aliphatic heterocycles. The minimum atomic E-state index is -1.01. The van der Waals surface area contributed by atoms with E-state index in [4.69, 9.17) is 0 Å². The van der Waals surface area contributed by atoms with E-state index in [1.54, 1.807) is 18.1 Å². The van der Waals surface area contributed by atoms with Crippen molar-refractivity contribution in [2.45, 2.75) is 70.6 Å². The van der Waals surface area contributed by atoms with Crippen LogP contribution >= 0.6 is 0 Å². The lowest BCUT2D eigenvalue weighted by molar-refractivity contribution is 0.356. The second-order valence-electron chi connectivity index (χ2n) is 6.07. The molecule has 0 radical (unpaired) electrons. The lowest BCUT2D eigenvalue weighted by Crippen LogP contribution is -2.37. The molecule has 0 amide bonds. The molecule has 1 heterocycles. The lowest BCUT2D eigenvalue weighted by Gasteiger charge is -2.32. The van der Waals surface area contributed by atoms with Gasteiger partial charge in [0.05, 0.1) is 8.07 Å². The van der Waals surface area contributed by atoms with E-state index in [2.05, 4.69) is 37.8 Å². The third-order valence-corrected chi connectivity index (χ3v) is 10.0. The van der Waals surface area contributed by atoms with Crippen LogP contribution in [-0.4, -0.2) is 32.6 Å². The monoisotopic (exact) mass is 267 g/mol. The zero-order valence-electron chi connectivity index (χ0n) is 12.9. The van der Waals surface area contributed by atoms with Gasteiger partial charge in [-0.3, -0.25) is 0 Å². The van der Waals surface area contributed by atoms with E-state index in [1.165, 1.54) is 51.4 Å². The molecule has 106 valence electrons. The van der Waals surface area contributed by atoms with Crippen molar-refractivity contribution in [1.82, 2.24) is 4.90 Å². The van der Waals surface area contributed by atoms with Crippen LogP contribution in [0.1, 0.15) is 46.5 Å². The predicted molar refractivity (Wildman–Crippen MR) is 86.1 cm³/mol. The van der Waals surface area contributed by atoms with E-state index < -0.39 is 8.07 Å². The fraction of sp³-hybridized carbons (Fsp3) is 0.875. The van der Waals surface area contributed by atoms with Gasteiger partial charge in [0, 0.05) is 0 Å². The highest BCUT2D eigenvalue weighted by atomic mass is 28.3. The molecule has 0 aliphatic carbocycles. The summed E-state index contributed by atoms with van der Waals surface area (Å²) in [6, 6.07) is 6.05. The molecule has 1 saturated heterocycles. The Labute approximate surface area is 116 Å². The highest BCUT2D eigenvalue weighted by Gasteiger charge is 2.30. The van der Waals surface area contributed by atoms with Crippen LogP contribution in [0.25, 0.3) is 0 Å². The van der Waals surface area contributed by atoms with Gasteiger partial charge in [0.25, 0.3) is 0 Å². The molecule has 0 aromatic carbocycles. The number of nitrogens with zero attached hydrogens (tertiary/aromatic N) is 1. The van der Waals surface area contributed by atoms with Gasteiger partial charge in [-0.1, -0.05) is 50.9 Å². The van der Waals surface area contributed by atoms with E-state index in [0.717, 1.165) is 0 Å². The van der Waals surface area contributed by atoms with Gasteiger partial charge in [0.1, 0.15) is 0 Å². The Kier molecular flexibility index (Phi) is 7.92. The van der Waals surface area contributed by atoms with E-state index in [-0.39, 0.29) is 0 Å². The first-order valence-electron chi connectivity index (χ1n) is 8.10. The number of hydrogen-bond acceptors (Lipinski definition) is 1. The van der Waals surface area contributed by atoms with Crippen molar-refractivity contribution in [3.63, 3.8) is 0 Å². The first kappa shape index (κ1) is 16.0. The van der Waals surface area contributed by atoms with Crippen LogP contribution in [0, 0.1) is 0 Å². The molecule has 0 spiro atoms. The van der Waals surface area contributed by atoms with Gasteiger partial charge in [-0.05, 0) is 51.5 Å². The molecule has 0 bridgehead atoms. The van der Waals surface area contributed by atoms with Gasteiger partial charge in [-0.25, -0.2) is 0 Å². The maximum Gasteiger partial charge on any atom is 0.0585 e. The molecule has 0 saturated carbocycles. The summed E-state index contributed by atoms with van der Waals surface area (Å²) in [7, 11) is -1.01. The summed E-state index contributed by atoms with van der Waals surface area (Å²) >= 11 is 0. The summed E-state index contributed by atoms with van der Waals surface area (Å²) in [5.74, 6) is 0. The Morgan fingerprint density at radius 1 is 1.00 bits per heavy atom. The van der Waals surface area contributed by atoms with Crippen LogP contribution in [0.2, 0.25) is 24.2 Å².